The first-order chi connectivity index (χ1) is 8.26. The molecule has 0 unspecified atom stereocenters. The lowest BCUT2D eigenvalue weighted by atomic mass is 10.4. The summed E-state index contributed by atoms with van der Waals surface area (Å²) in [5, 5.41) is 8.78. The molecular formula is C11H24N2O4S. The van der Waals surface area contributed by atoms with Gasteiger partial charge >= 0.3 is 5.97 Å². The quantitative estimate of drug-likeness (QED) is 0.595. The lowest BCUT2D eigenvalue weighted by Crippen LogP contribution is -2.36. The van der Waals surface area contributed by atoms with Gasteiger partial charge in [-0.25, -0.2) is 8.42 Å². The van der Waals surface area contributed by atoms with Crippen LogP contribution in [0.4, 0.5) is 0 Å². The van der Waals surface area contributed by atoms with Crippen LogP contribution in [0.15, 0.2) is 0 Å². The number of rotatable bonds is 10. The van der Waals surface area contributed by atoms with Crippen molar-refractivity contribution in [3.05, 3.63) is 0 Å². The maximum absolute atomic E-state index is 11.3. The van der Waals surface area contributed by atoms with E-state index in [1.807, 2.05) is 19.0 Å². The molecule has 0 aromatic rings. The van der Waals surface area contributed by atoms with Crippen LogP contribution in [-0.2, 0) is 14.6 Å². The molecule has 0 rings (SSSR count). The molecule has 108 valence electrons. The van der Waals surface area contributed by atoms with Crippen molar-refractivity contribution >= 4 is 15.8 Å². The van der Waals surface area contributed by atoms with Crippen molar-refractivity contribution in [3.63, 3.8) is 0 Å². The number of sulfone groups is 1. The van der Waals surface area contributed by atoms with E-state index in [1.165, 1.54) is 0 Å². The number of carbonyl (C=O) groups is 1. The van der Waals surface area contributed by atoms with Crippen molar-refractivity contribution in [3.8, 4) is 0 Å². The monoisotopic (exact) mass is 280 g/mol. The average Bonchev–Trinajstić information content (AvgIpc) is 2.24. The van der Waals surface area contributed by atoms with Gasteiger partial charge in [-0.2, -0.15) is 0 Å². The molecule has 0 saturated carbocycles. The predicted octanol–water partition coefficient (Wildman–Crippen LogP) is -0.241. The Morgan fingerprint density at radius 2 is 1.78 bits per heavy atom. The van der Waals surface area contributed by atoms with Crippen LogP contribution >= 0.6 is 0 Å². The molecule has 0 radical (unpaired) electrons. The largest absolute Gasteiger partial charge is 0.480 e. The number of nitrogens with zero attached hydrogens (tertiary/aromatic N) is 2. The summed E-state index contributed by atoms with van der Waals surface area (Å²) < 4.78 is 22.7. The van der Waals surface area contributed by atoms with Crippen LogP contribution in [0.25, 0.3) is 0 Å². The third-order valence-electron chi connectivity index (χ3n) is 2.59. The lowest BCUT2D eigenvalue weighted by Gasteiger charge is -2.22. The minimum absolute atomic E-state index is 0.0417. The van der Waals surface area contributed by atoms with Gasteiger partial charge in [-0.3, -0.25) is 9.69 Å². The highest BCUT2D eigenvalue weighted by atomic mass is 32.2. The fourth-order valence-corrected chi connectivity index (χ4v) is 2.31. The topological polar surface area (TPSA) is 77.9 Å². The Kier molecular flexibility index (Phi) is 8.13. The third kappa shape index (κ3) is 9.38. The van der Waals surface area contributed by atoms with Crippen LogP contribution in [0.2, 0.25) is 0 Å². The van der Waals surface area contributed by atoms with E-state index < -0.39 is 15.8 Å². The summed E-state index contributed by atoms with van der Waals surface area (Å²) >= 11 is 0. The van der Waals surface area contributed by atoms with Crippen molar-refractivity contribution < 1.29 is 18.3 Å². The van der Waals surface area contributed by atoms with E-state index in [1.54, 1.807) is 11.8 Å². The molecule has 0 aliphatic carbocycles. The van der Waals surface area contributed by atoms with Gasteiger partial charge in [0, 0.05) is 18.8 Å². The molecule has 0 aliphatic heterocycles. The summed E-state index contributed by atoms with van der Waals surface area (Å²) in [6.07, 6.45) is 0.483. The molecule has 0 bridgehead atoms. The summed E-state index contributed by atoms with van der Waals surface area (Å²) in [6, 6.07) is 0. The zero-order chi connectivity index (χ0) is 14.2. The Bertz CT molecular complexity index is 341. The maximum Gasteiger partial charge on any atom is 0.317 e. The molecule has 0 aromatic carbocycles. The van der Waals surface area contributed by atoms with Crippen molar-refractivity contribution in [2.75, 3.05) is 51.8 Å². The number of hydrogen-bond acceptors (Lipinski definition) is 5. The number of aliphatic carboxylic acids is 1. The number of hydrogen-bond donors (Lipinski definition) is 1. The minimum atomic E-state index is -2.96. The van der Waals surface area contributed by atoms with Crippen LogP contribution in [0, 0.1) is 0 Å². The van der Waals surface area contributed by atoms with Gasteiger partial charge in [-0.1, -0.05) is 6.92 Å². The molecule has 0 saturated heterocycles. The molecular weight excluding hydrogens is 256 g/mol. The van der Waals surface area contributed by atoms with Gasteiger partial charge in [-0.05, 0) is 27.1 Å². The first-order valence-corrected chi connectivity index (χ1v) is 7.88. The van der Waals surface area contributed by atoms with Crippen molar-refractivity contribution in [2.24, 2.45) is 0 Å². The maximum atomic E-state index is 11.3. The first-order valence-electron chi connectivity index (χ1n) is 6.06. The van der Waals surface area contributed by atoms with E-state index in [-0.39, 0.29) is 18.1 Å². The zero-order valence-corrected chi connectivity index (χ0v) is 12.2. The van der Waals surface area contributed by atoms with Gasteiger partial charge in [0.15, 0.2) is 0 Å². The highest BCUT2D eigenvalue weighted by Gasteiger charge is 2.12. The Morgan fingerprint density at radius 3 is 2.22 bits per heavy atom. The number of carboxylic acid groups (broad SMARTS) is 1. The van der Waals surface area contributed by atoms with E-state index >= 15 is 0 Å². The molecule has 0 amide bonds. The zero-order valence-electron chi connectivity index (χ0n) is 11.4. The molecule has 7 heteroatoms. The van der Waals surface area contributed by atoms with Crippen LogP contribution in [0.5, 0.6) is 0 Å². The fourth-order valence-electron chi connectivity index (χ4n) is 1.46. The first kappa shape index (κ1) is 17.3. The SMILES string of the molecule is CCS(=O)(=O)CCCN(CCN(C)C)CC(=O)O. The fraction of sp³-hybridized carbons (Fsp3) is 0.909. The van der Waals surface area contributed by atoms with Gasteiger partial charge in [-0.15, -0.1) is 0 Å². The summed E-state index contributed by atoms with van der Waals surface area (Å²) in [5.74, 6) is -0.613. The molecule has 0 spiro atoms. The smallest absolute Gasteiger partial charge is 0.317 e. The highest BCUT2D eigenvalue weighted by Crippen LogP contribution is 1.98. The molecule has 0 aromatic heterocycles. The van der Waals surface area contributed by atoms with E-state index in [2.05, 4.69) is 0 Å². The van der Waals surface area contributed by atoms with E-state index in [0.717, 1.165) is 6.54 Å². The van der Waals surface area contributed by atoms with Gasteiger partial charge in [0.2, 0.25) is 0 Å². The molecule has 0 atom stereocenters. The summed E-state index contributed by atoms with van der Waals surface area (Å²) in [6.45, 7) is 3.47. The van der Waals surface area contributed by atoms with Gasteiger partial charge in [0.05, 0.1) is 12.3 Å². The Balaban J connectivity index is 4.12. The second kappa shape index (κ2) is 8.44. The Labute approximate surface area is 109 Å². The molecule has 0 aliphatic rings. The van der Waals surface area contributed by atoms with Gasteiger partial charge in [0.25, 0.3) is 0 Å². The predicted molar refractivity (Wildman–Crippen MR) is 71.6 cm³/mol. The molecule has 6 nitrogen and oxygen atoms in total. The minimum Gasteiger partial charge on any atom is -0.480 e. The molecule has 0 fully saturated rings. The summed E-state index contributed by atoms with van der Waals surface area (Å²) in [4.78, 5) is 14.4. The normalized spacial score (nSPS) is 12.3. The van der Waals surface area contributed by atoms with Crippen LogP contribution in [0.1, 0.15) is 13.3 Å². The lowest BCUT2D eigenvalue weighted by molar-refractivity contribution is -0.138. The standard InChI is InChI=1S/C11H24N2O4S/c1-4-18(16,17)9-5-6-13(10-11(14)15)8-7-12(2)3/h4-10H2,1-3H3,(H,14,15). The number of likely N-dealkylation sites (N-methyl/N-ethyl adjacent to an activating group) is 1. The third-order valence-corrected chi connectivity index (χ3v) is 4.38. The van der Waals surface area contributed by atoms with Crippen molar-refractivity contribution in [2.45, 2.75) is 13.3 Å². The Hall–Kier alpha value is -0.660. The second-order valence-electron chi connectivity index (χ2n) is 4.56. The second-order valence-corrected chi connectivity index (χ2v) is 7.04. The van der Waals surface area contributed by atoms with Crippen LogP contribution in [0.3, 0.4) is 0 Å². The average molecular weight is 280 g/mol. The Morgan fingerprint density at radius 1 is 1.17 bits per heavy atom. The van der Waals surface area contributed by atoms with E-state index in [4.69, 9.17) is 5.11 Å². The van der Waals surface area contributed by atoms with E-state index in [9.17, 15) is 13.2 Å². The van der Waals surface area contributed by atoms with Crippen molar-refractivity contribution in [1.82, 2.24) is 9.80 Å². The summed E-state index contributed by atoms with van der Waals surface area (Å²) in [7, 11) is 0.875. The molecule has 0 heterocycles. The van der Waals surface area contributed by atoms with Crippen LogP contribution in [-0.4, -0.2) is 81.1 Å². The molecule has 1 N–H and O–H groups in total. The van der Waals surface area contributed by atoms with E-state index in [0.29, 0.717) is 19.5 Å². The number of carboxylic acids is 1. The summed E-state index contributed by atoms with van der Waals surface area (Å²) in [5.41, 5.74) is 0. The van der Waals surface area contributed by atoms with Crippen LogP contribution < -0.4 is 0 Å². The molecule has 18 heavy (non-hydrogen) atoms. The van der Waals surface area contributed by atoms with Gasteiger partial charge < -0.3 is 10.0 Å². The van der Waals surface area contributed by atoms with Crippen molar-refractivity contribution in [1.29, 1.82) is 0 Å². The van der Waals surface area contributed by atoms with Gasteiger partial charge in [0.1, 0.15) is 9.84 Å². The highest BCUT2D eigenvalue weighted by molar-refractivity contribution is 7.91.